The van der Waals surface area contributed by atoms with E-state index in [9.17, 15) is 35.4 Å². The van der Waals surface area contributed by atoms with Gasteiger partial charge >= 0.3 is 0 Å². The highest BCUT2D eigenvalue weighted by Crippen LogP contribution is 2.23. The number of allylic oxidation sites excluding steroid dienone is 9. The Hall–Kier alpha value is -2.15. The number of rotatable bonds is 46. The fourth-order valence-corrected chi connectivity index (χ4v) is 8.40. The van der Waals surface area contributed by atoms with Crippen LogP contribution in [0.5, 0.6) is 0 Å². The van der Waals surface area contributed by atoms with Gasteiger partial charge in [-0.15, -0.1) is 0 Å². The van der Waals surface area contributed by atoms with Crippen molar-refractivity contribution in [2.45, 2.75) is 281 Å². The van der Waals surface area contributed by atoms with Gasteiger partial charge in [0.1, 0.15) is 30.5 Å². The third kappa shape index (κ3) is 35.6. The molecule has 0 aromatic heterocycles. The lowest BCUT2D eigenvalue weighted by molar-refractivity contribution is -0.302. The number of amides is 1. The van der Waals surface area contributed by atoms with Crippen molar-refractivity contribution in [1.29, 1.82) is 0 Å². The van der Waals surface area contributed by atoms with Crippen LogP contribution in [0.25, 0.3) is 0 Å². The lowest BCUT2D eigenvalue weighted by atomic mass is 9.99. The standard InChI is InChI=1S/C57H103NO9/c1-3-5-7-9-11-13-15-17-19-21-22-23-24-25-26-27-28-29-30-32-34-36-38-40-42-44-46-51(61)56(65)58-49(48-66-57-55(64)54(63)53(62)52(47-59)67-57)50(60)45-43-41-39-37-35-33-31-20-18-16-14-12-10-8-6-4-2/h18,20,22-23,25-26,35,37,43,45,49-55,57,59-64H,3-17,19,21,24,27-34,36,38-42,44,46-48H2,1-2H3,(H,58,65)/b20-18+,23-22-,26-25-,37-35+,45-43+. The first-order chi connectivity index (χ1) is 32.8. The first-order valence-electron chi connectivity index (χ1n) is 27.6. The normalized spacial score (nSPS) is 20.6. The molecule has 1 amide bonds. The second kappa shape index (κ2) is 46.2. The molecule has 1 rings (SSSR count). The summed E-state index contributed by atoms with van der Waals surface area (Å²) in [4.78, 5) is 13.1. The van der Waals surface area contributed by atoms with E-state index in [1.54, 1.807) is 6.08 Å². The van der Waals surface area contributed by atoms with Crippen molar-refractivity contribution >= 4 is 5.91 Å². The van der Waals surface area contributed by atoms with Crippen LogP contribution in [0.2, 0.25) is 0 Å². The quantitative estimate of drug-likeness (QED) is 0.0232. The molecule has 390 valence electrons. The summed E-state index contributed by atoms with van der Waals surface area (Å²) in [5.41, 5.74) is 0. The Morgan fingerprint density at radius 3 is 1.39 bits per heavy atom. The van der Waals surface area contributed by atoms with Crippen molar-refractivity contribution in [1.82, 2.24) is 5.32 Å². The van der Waals surface area contributed by atoms with Crippen LogP contribution in [0.3, 0.4) is 0 Å². The Morgan fingerprint density at radius 1 is 0.522 bits per heavy atom. The summed E-state index contributed by atoms with van der Waals surface area (Å²) in [6.45, 7) is 3.58. The monoisotopic (exact) mass is 946 g/mol. The molecule has 0 radical (unpaired) electrons. The molecule has 10 nitrogen and oxygen atoms in total. The van der Waals surface area contributed by atoms with Gasteiger partial charge in [0.2, 0.25) is 5.91 Å². The topological polar surface area (TPSA) is 169 Å². The van der Waals surface area contributed by atoms with E-state index in [1.807, 2.05) is 6.08 Å². The van der Waals surface area contributed by atoms with Crippen molar-refractivity contribution in [2.75, 3.05) is 13.2 Å². The fraction of sp³-hybridized carbons (Fsp3) is 0.807. The highest BCUT2D eigenvalue weighted by molar-refractivity contribution is 5.80. The van der Waals surface area contributed by atoms with E-state index in [0.717, 1.165) is 51.4 Å². The number of hydrogen-bond acceptors (Lipinski definition) is 9. The molecule has 0 aliphatic carbocycles. The fourth-order valence-electron chi connectivity index (χ4n) is 8.40. The Kier molecular flexibility index (Phi) is 43.4. The molecule has 7 N–H and O–H groups in total. The van der Waals surface area contributed by atoms with E-state index < -0.39 is 61.5 Å². The first kappa shape index (κ1) is 62.9. The molecule has 0 saturated carbocycles. The molecule has 67 heavy (non-hydrogen) atoms. The molecule has 1 fully saturated rings. The summed E-state index contributed by atoms with van der Waals surface area (Å²) in [6, 6.07) is -1.01. The lowest BCUT2D eigenvalue weighted by Crippen LogP contribution is -2.60. The van der Waals surface area contributed by atoms with Crippen LogP contribution >= 0.6 is 0 Å². The van der Waals surface area contributed by atoms with Crippen LogP contribution in [0, 0.1) is 0 Å². The molecule has 8 atom stereocenters. The summed E-state index contributed by atoms with van der Waals surface area (Å²) in [6.07, 6.45) is 51.7. The van der Waals surface area contributed by atoms with Crippen LogP contribution in [0.15, 0.2) is 60.8 Å². The molecular weight excluding hydrogens is 843 g/mol. The maximum Gasteiger partial charge on any atom is 0.249 e. The van der Waals surface area contributed by atoms with E-state index in [0.29, 0.717) is 19.3 Å². The molecule has 0 aromatic carbocycles. The van der Waals surface area contributed by atoms with E-state index in [1.165, 1.54) is 148 Å². The highest BCUT2D eigenvalue weighted by atomic mass is 16.7. The number of carbonyl (C=O) groups is 1. The van der Waals surface area contributed by atoms with Gasteiger partial charge in [0.05, 0.1) is 25.4 Å². The predicted molar refractivity (Wildman–Crippen MR) is 278 cm³/mol. The number of unbranched alkanes of at least 4 members (excludes halogenated alkanes) is 27. The van der Waals surface area contributed by atoms with E-state index in [4.69, 9.17) is 9.47 Å². The third-order valence-electron chi connectivity index (χ3n) is 12.9. The molecule has 0 spiro atoms. The zero-order chi connectivity index (χ0) is 48.8. The number of ether oxygens (including phenoxy) is 2. The molecular formula is C57H103NO9. The van der Waals surface area contributed by atoms with E-state index >= 15 is 0 Å². The Balaban J connectivity index is 2.31. The average molecular weight is 946 g/mol. The number of carbonyl (C=O) groups excluding carboxylic acids is 1. The molecule has 0 aromatic rings. The second-order valence-electron chi connectivity index (χ2n) is 19.1. The molecule has 10 heteroatoms. The van der Waals surface area contributed by atoms with Crippen LogP contribution in [0.4, 0.5) is 0 Å². The van der Waals surface area contributed by atoms with Gasteiger partial charge in [-0.05, 0) is 77.0 Å². The molecule has 0 bridgehead atoms. The number of hydrogen-bond donors (Lipinski definition) is 7. The summed E-state index contributed by atoms with van der Waals surface area (Å²) in [5, 5.41) is 64.9. The average Bonchev–Trinajstić information content (AvgIpc) is 3.33. The van der Waals surface area contributed by atoms with Gasteiger partial charge in [-0.1, -0.05) is 216 Å². The van der Waals surface area contributed by atoms with E-state index in [-0.39, 0.29) is 6.61 Å². The maximum absolute atomic E-state index is 13.1. The van der Waals surface area contributed by atoms with Gasteiger partial charge in [-0.2, -0.15) is 0 Å². The summed E-state index contributed by atoms with van der Waals surface area (Å²) < 4.78 is 11.2. The van der Waals surface area contributed by atoms with Gasteiger partial charge in [-0.25, -0.2) is 0 Å². The lowest BCUT2D eigenvalue weighted by Gasteiger charge is -2.40. The van der Waals surface area contributed by atoms with Crippen LogP contribution in [-0.2, 0) is 14.3 Å². The molecule has 8 unspecified atom stereocenters. The zero-order valence-electron chi connectivity index (χ0n) is 42.8. The Morgan fingerprint density at radius 2 is 0.925 bits per heavy atom. The number of aliphatic hydroxyl groups is 6. The van der Waals surface area contributed by atoms with Crippen molar-refractivity contribution in [2.24, 2.45) is 0 Å². The van der Waals surface area contributed by atoms with Gasteiger partial charge < -0.3 is 45.4 Å². The van der Waals surface area contributed by atoms with Crippen molar-refractivity contribution in [3.8, 4) is 0 Å². The SMILES string of the molecule is CCCCCCCC/C=C/CC/C=C/CC/C=C/C(O)C(COC1OC(CO)C(O)C(O)C1O)NC(=O)C(O)CCCCCCCCCCCC/C=C\C/C=C\CCCCCCCCCCC. The molecule has 1 aliphatic heterocycles. The second-order valence-corrected chi connectivity index (χ2v) is 19.1. The minimum absolute atomic E-state index is 0.295. The summed E-state index contributed by atoms with van der Waals surface area (Å²) in [7, 11) is 0. The molecule has 1 heterocycles. The van der Waals surface area contributed by atoms with Crippen molar-refractivity contribution in [3.05, 3.63) is 60.8 Å². The third-order valence-corrected chi connectivity index (χ3v) is 12.9. The number of aliphatic hydroxyl groups excluding tert-OH is 6. The summed E-state index contributed by atoms with van der Waals surface area (Å²) in [5.74, 6) is -0.634. The minimum atomic E-state index is -1.62. The maximum atomic E-state index is 13.1. The molecule has 1 saturated heterocycles. The summed E-state index contributed by atoms with van der Waals surface area (Å²) >= 11 is 0. The van der Waals surface area contributed by atoms with Crippen molar-refractivity contribution in [3.63, 3.8) is 0 Å². The molecule has 1 aliphatic rings. The van der Waals surface area contributed by atoms with Crippen LogP contribution in [-0.4, -0.2) is 98.7 Å². The number of nitrogens with one attached hydrogen (secondary N) is 1. The van der Waals surface area contributed by atoms with Crippen molar-refractivity contribution < 1.29 is 44.9 Å². The van der Waals surface area contributed by atoms with Crippen LogP contribution in [0.1, 0.15) is 232 Å². The first-order valence-corrected chi connectivity index (χ1v) is 27.6. The zero-order valence-corrected chi connectivity index (χ0v) is 42.8. The van der Waals surface area contributed by atoms with Gasteiger partial charge in [0, 0.05) is 0 Å². The smallest absolute Gasteiger partial charge is 0.249 e. The largest absolute Gasteiger partial charge is 0.394 e. The van der Waals surface area contributed by atoms with E-state index in [2.05, 4.69) is 67.8 Å². The minimum Gasteiger partial charge on any atom is -0.394 e. The Labute approximate surface area is 409 Å². The van der Waals surface area contributed by atoms with Gasteiger partial charge in [0.25, 0.3) is 0 Å². The predicted octanol–water partition coefficient (Wildman–Crippen LogP) is 12.1. The Bertz CT molecular complexity index is 1250. The van der Waals surface area contributed by atoms with Gasteiger partial charge in [-0.3, -0.25) is 4.79 Å². The highest BCUT2D eigenvalue weighted by Gasteiger charge is 2.44. The van der Waals surface area contributed by atoms with Crippen LogP contribution < -0.4 is 5.32 Å². The van der Waals surface area contributed by atoms with Gasteiger partial charge in [0.15, 0.2) is 6.29 Å².